The minimum atomic E-state index is 0.865. The van der Waals surface area contributed by atoms with Gasteiger partial charge in [0.15, 0.2) is 11.2 Å². The van der Waals surface area contributed by atoms with E-state index in [1.165, 1.54) is 22.3 Å². The zero-order valence-corrected chi connectivity index (χ0v) is 63.2. The van der Waals surface area contributed by atoms with Crippen LogP contribution in [0.15, 0.2) is 458 Å². The molecule has 4 heterocycles. The Kier molecular flexibility index (Phi) is 17.4. The third kappa shape index (κ3) is 12.4. The summed E-state index contributed by atoms with van der Waals surface area (Å²) in [4.78, 5) is 9.36. The summed E-state index contributed by atoms with van der Waals surface area (Å²) in [6.45, 7) is 0. The third-order valence-corrected chi connectivity index (χ3v) is 22.3. The Morgan fingerprint density at radius 2 is 0.371 bits per heavy atom. The van der Waals surface area contributed by atoms with Gasteiger partial charge in [-0.1, -0.05) is 255 Å². The molecule has 8 heteroatoms. The van der Waals surface area contributed by atoms with E-state index in [-0.39, 0.29) is 0 Å². The van der Waals surface area contributed by atoms with Crippen LogP contribution in [-0.2, 0) is 0 Å². The number of hydrogen-bond acceptors (Lipinski definition) is 6. The lowest BCUT2D eigenvalue weighted by Gasteiger charge is -2.26. The molecule has 0 aliphatic carbocycles. The zero-order valence-electron chi connectivity index (χ0n) is 63.2. The molecule has 22 rings (SSSR count). The highest BCUT2D eigenvalue weighted by atomic mass is 16.3. The van der Waals surface area contributed by atoms with Crippen LogP contribution >= 0.6 is 0 Å². The number of benzene rings is 18. The van der Waals surface area contributed by atoms with Gasteiger partial charge >= 0.3 is 0 Å². The van der Waals surface area contributed by atoms with E-state index in [0.717, 1.165) is 167 Å². The van der Waals surface area contributed by atoms with Crippen molar-refractivity contribution in [1.29, 1.82) is 0 Å². The quantitative estimate of drug-likeness (QED) is 0.0961. The molecule has 4 aromatic heterocycles. The Bertz CT molecular complexity index is 6890. The number of anilines is 12. The molecule has 0 radical (unpaired) electrons. The van der Waals surface area contributed by atoms with Crippen LogP contribution in [0.3, 0.4) is 0 Å². The molecule has 18 aromatic carbocycles. The standard InChI is InChI=1S/C60H41N3O.C48H33N3O/c1-5-16-42(17-6-1)44-28-32-48(33-29-44)61(46-20-9-3-10-21-46)50-36-38-56-54(40-50)55-41-51(37-39-57(55)63(56)58-26-15-25-53-52-24-13-14-27-59(52)64-60(53)58)62(47-22-11-4-12-23-47)49-34-30-45(31-35-49)43-18-7-2-8-19-43;1-5-16-34(17-6-1)49(35-18-7-2-8-19-35)38-28-30-44-42(32-38)43-33-39(50(36-20-9-3-10-21-36)37-22-11-4-12-23-37)29-31-45(43)51(44)46-26-15-25-41-40-24-13-14-27-47(40)52-48(41)46/h1-41H;1-33H. The normalized spacial score (nSPS) is 11.4. The van der Waals surface area contributed by atoms with E-state index >= 15 is 0 Å². The molecular formula is C108H74N6O2. The van der Waals surface area contributed by atoms with E-state index in [4.69, 9.17) is 8.83 Å². The number of furan rings is 2. The monoisotopic (exact) mass is 1490 g/mol. The maximum atomic E-state index is 6.71. The van der Waals surface area contributed by atoms with Crippen LogP contribution in [0.1, 0.15) is 0 Å². The second-order valence-corrected chi connectivity index (χ2v) is 29.2. The SMILES string of the molecule is c1ccc(-c2ccc(N(c3ccccc3)c3ccc4c(c3)c3cc(N(c5ccccc5)c5ccc(-c6ccccc6)cc5)ccc3n4-c3cccc4c3oc3ccccc34)cc2)cc1.c1ccc(N(c2ccccc2)c2ccc3c(c2)c2cc(N(c4ccccc4)c4ccccc4)ccc2n3-c2cccc3c2oc2ccccc23)cc1. The lowest BCUT2D eigenvalue weighted by molar-refractivity contribution is 0.666. The first-order chi connectivity index (χ1) is 57.6. The molecule has 0 aliphatic rings. The van der Waals surface area contributed by atoms with Crippen molar-refractivity contribution in [1.82, 2.24) is 9.13 Å². The first-order valence-electron chi connectivity index (χ1n) is 39.4. The minimum absolute atomic E-state index is 0.865. The molecule has 0 spiro atoms. The van der Waals surface area contributed by atoms with Gasteiger partial charge in [0.2, 0.25) is 0 Å². The number of rotatable bonds is 16. The number of fused-ring (bicyclic) bond motifs is 12. The molecule has 0 unspecified atom stereocenters. The molecule has 548 valence electrons. The lowest BCUT2D eigenvalue weighted by atomic mass is 10.0. The fourth-order valence-electron chi connectivity index (χ4n) is 17.0. The lowest BCUT2D eigenvalue weighted by Crippen LogP contribution is -2.10. The van der Waals surface area contributed by atoms with E-state index in [9.17, 15) is 0 Å². The van der Waals surface area contributed by atoms with Crippen molar-refractivity contribution in [3.63, 3.8) is 0 Å². The summed E-state index contributed by atoms with van der Waals surface area (Å²) in [7, 11) is 0. The van der Waals surface area contributed by atoms with Crippen LogP contribution in [0.4, 0.5) is 68.2 Å². The van der Waals surface area contributed by atoms with Crippen molar-refractivity contribution < 1.29 is 8.83 Å². The topological polar surface area (TPSA) is 49.1 Å². The summed E-state index contributed by atoms with van der Waals surface area (Å²) in [5.41, 5.74) is 27.7. The van der Waals surface area contributed by atoms with E-state index in [0.29, 0.717) is 0 Å². The van der Waals surface area contributed by atoms with E-state index < -0.39 is 0 Å². The van der Waals surface area contributed by atoms with Crippen LogP contribution in [0.2, 0.25) is 0 Å². The highest BCUT2D eigenvalue weighted by Gasteiger charge is 2.26. The molecule has 0 atom stereocenters. The summed E-state index contributed by atoms with van der Waals surface area (Å²) in [6, 6.07) is 160. The summed E-state index contributed by atoms with van der Waals surface area (Å²) in [5, 5.41) is 9.01. The highest BCUT2D eigenvalue weighted by Crippen LogP contribution is 2.48. The van der Waals surface area contributed by atoms with E-state index in [2.05, 4.69) is 459 Å². The third-order valence-electron chi connectivity index (χ3n) is 22.3. The van der Waals surface area contributed by atoms with Crippen molar-refractivity contribution in [2.75, 3.05) is 19.6 Å². The second kappa shape index (κ2) is 29.6. The Morgan fingerprint density at radius 1 is 0.155 bits per heavy atom. The maximum Gasteiger partial charge on any atom is 0.159 e. The van der Waals surface area contributed by atoms with Gasteiger partial charge in [-0.2, -0.15) is 0 Å². The first-order valence-corrected chi connectivity index (χ1v) is 39.4. The number of nitrogens with zero attached hydrogens (tertiary/aromatic N) is 6. The number of hydrogen-bond donors (Lipinski definition) is 0. The van der Waals surface area contributed by atoms with Crippen molar-refractivity contribution in [2.24, 2.45) is 0 Å². The number of para-hydroxylation sites is 10. The second-order valence-electron chi connectivity index (χ2n) is 29.2. The van der Waals surface area contributed by atoms with Gasteiger partial charge < -0.3 is 37.6 Å². The fourth-order valence-corrected chi connectivity index (χ4v) is 17.0. The molecule has 0 bridgehead atoms. The molecule has 0 saturated carbocycles. The Balaban J connectivity index is 0.000000148. The molecule has 0 aliphatic heterocycles. The van der Waals surface area contributed by atoms with Gasteiger partial charge in [0.1, 0.15) is 11.2 Å². The van der Waals surface area contributed by atoms with Gasteiger partial charge in [0, 0.05) is 111 Å². The summed E-state index contributed by atoms with van der Waals surface area (Å²) >= 11 is 0. The first kappa shape index (κ1) is 68.4. The zero-order chi connectivity index (χ0) is 76.8. The van der Waals surface area contributed by atoms with Crippen molar-refractivity contribution >= 4 is 156 Å². The van der Waals surface area contributed by atoms with Gasteiger partial charge in [0.25, 0.3) is 0 Å². The molecule has 0 saturated heterocycles. The van der Waals surface area contributed by atoms with Crippen LogP contribution < -0.4 is 19.6 Å². The molecule has 0 fully saturated rings. The minimum Gasteiger partial charge on any atom is -0.454 e. The van der Waals surface area contributed by atoms with Crippen molar-refractivity contribution in [3.05, 3.63) is 449 Å². The predicted octanol–water partition coefficient (Wildman–Crippen LogP) is 30.6. The largest absolute Gasteiger partial charge is 0.454 e. The summed E-state index contributed by atoms with van der Waals surface area (Å²) < 4.78 is 18.1. The van der Waals surface area contributed by atoms with Crippen LogP contribution in [0, 0.1) is 0 Å². The molecular weight excluding hydrogens is 1410 g/mol. The average Bonchev–Trinajstić information content (AvgIpc) is 1.57. The highest BCUT2D eigenvalue weighted by molar-refractivity contribution is 6.17. The summed E-state index contributed by atoms with van der Waals surface area (Å²) in [5.74, 6) is 0. The van der Waals surface area contributed by atoms with Gasteiger partial charge in [-0.3, -0.25) is 0 Å². The Hall–Kier alpha value is -15.6. The maximum absolute atomic E-state index is 6.71. The van der Waals surface area contributed by atoms with Gasteiger partial charge in [0.05, 0.1) is 33.4 Å². The molecule has 116 heavy (non-hydrogen) atoms. The van der Waals surface area contributed by atoms with E-state index in [1.54, 1.807) is 0 Å². The smallest absolute Gasteiger partial charge is 0.159 e. The molecule has 22 aromatic rings. The van der Waals surface area contributed by atoms with Gasteiger partial charge in [-0.25, -0.2) is 0 Å². The fraction of sp³-hybridized carbons (Fsp3) is 0. The Morgan fingerprint density at radius 3 is 0.647 bits per heavy atom. The van der Waals surface area contributed by atoms with Gasteiger partial charge in [-0.15, -0.1) is 0 Å². The average molecular weight is 1490 g/mol. The number of aromatic nitrogens is 2. The Labute approximate surface area is 671 Å². The van der Waals surface area contributed by atoms with Crippen molar-refractivity contribution in [3.8, 4) is 33.6 Å². The van der Waals surface area contributed by atoms with Crippen molar-refractivity contribution in [2.45, 2.75) is 0 Å². The molecule has 8 nitrogen and oxygen atoms in total. The predicted molar refractivity (Wildman–Crippen MR) is 486 cm³/mol. The van der Waals surface area contributed by atoms with Gasteiger partial charge in [-0.05, 0) is 216 Å². The van der Waals surface area contributed by atoms with Crippen LogP contribution in [0.5, 0.6) is 0 Å². The molecule has 0 amide bonds. The van der Waals surface area contributed by atoms with Crippen LogP contribution in [0.25, 0.3) is 121 Å². The molecule has 0 N–H and O–H groups in total. The summed E-state index contributed by atoms with van der Waals surface area (Å²) in [6.07, 6.45) is 0. The van der Waals surface area contributed by atoms with Crippen LogP contribution in [-0.4, -0.2) is 9.13 Å². The van der Waals surface area contributed by atoms with E-state index in [1.807, 2.05) is 18.2 Å².